The summed E-state index contributed by atoms with van der Waals surface area (Å²) in [5.74, 6) is 1.90. The summed E-state index contributed by atoms with van der Waals surface area (Å²) in [5.41, 5.74) is 0.690. The number of rotatable bonds is 5. The lowest BCUT2D eigenvalue weighted by Crippen LogP contribution is -2.45. The molecule has 0 aromatic carbocycles. The Bertz CT molecular complexity index is 512. The molecule has 24 heavy (non-hydrogen) atoms. The van der Waals surface area contributed by atoms with E-state index in [-0.39, 0.29) is 30.7 Å². The fourth-order valence-electron chi connectivity index (χ4n) is 2.90. The minimum absolute atomic E-state index is 0. The van der Waals surface area contributed by atoms with Crippen molar-refractivity contribution in [1.82, 2.24) is 15.2 Å². The van der Waals surface area contributed by atoms with E-state index in [0.29, 0.717) is 11.6 Å². The van der Waals surface area contributed by atoms with Crippen LogP contribution in [0.5, 0.6) is 0 Å². The molecule has 0 spiro atoms. The number of pyridine rings is 1. The highest BCUT2D eigenvalue weighted by molar-refractivity contribution is 5.94. The average molecular weight is 375 g/mol. The summed E-state index contributed by atoms with van der Waals surface area (Å²) in [7, 11) is 3.90. The number of hydrogen-bond donors (Lipinski definition) is 1. The van der Waals surface area contributed by atoms with E-state index in [4.69, 9.17) is 0 Å². The molecule has 1 aliphatic heterocycles. The van der Waals surface area contributed by atoms with Crippen molar-refractivity contribution in [3.05, 3.63) is 23.9 Å². The molecule has 2 aliphatic rings. The monoisotopic (exact) mass is 374 g/mol. The Labute approximate surface area is 157 Å². The van der Waals surface area contributed by atoms with Crippen molar-refractivity contribution in [2.45, 2.75) is 31.7 Å². The predicted molar refractivity (Wildman–Crippen MR) is 103 cm³/mol. The van der Waals surface area contributed by atoms with Gasteiger partial charge in [0.25, 0.3) is 5.91 Å². The Morgan fingerprint density at radius 1 is 1.21 bits per heavy atom. The molecule has 2 fully saturated rings. The van der Waals surface area contributed by atoms with Crippen molar-refractivity contribution in [2.24, 2.45) is 5.92 Å². The Hall–Kier alpha value is -1.04. The maximum absolute atomic E-state index is 12.5. The third-order valence-electron chi connectivity index (χ3n) is 4.63. The van der Waals surface area contributed by atoms with Crippen LogP contribution in [-0.2, 0) is 0 Å². The van der Waals surface area contributed by atoms with Gasteiger partial charge in [-0.2, -0.15) is 0 Å². The largest absolute Gasteiger partial charge is 0.363 e. The Morgan fingerprint density at radius 3 is 2.38 bits per heavy atom. The zero-order chi connectivity index (χ0) is 15.5. The number of nitrogens with zero attached hydrogens (tertiary/aromatic N) is 3. The van der Waals surface area contributed by atoms with Crippen LogP contribution in [0, 0.1) is 5.92 Å². The second-order valence-electron chi connectivity index (χ2n) is 6.72. The lowest BCUT2D eigenvalue weighted by Gasteiger charge is -2.32. The standard InChI is InChI=1S/C17H26N4O.2ClH/c1-20(2)16-6-5-14(12-19-16)17(22)21-9-7-15(8-10-21)18-11-13-3-4-13;;/h5-6,12-13,15,18H,3-4,7-11H2,1-2H3;2*1H. The zero-order valence-corrected chi connectivity index (χ0v) is 16.0. The minimum Gasteiger partial charge on any atom is -0.363 e. The summed E-state index contributed by atoms with van der Waals surface area (Å²) in [6, 6.07) is 4.36. The quantitative estimate of drug-likeness (QED) is 0.860. The molecule has 0 atom stereocenters. The van der Waals surface area contributed by atoms with Gasteiger partial charge in [0.15, 0.2) is 0 Å². The van der Waals surface area contributed by atoms with E-state index in [2.05, 4.69) is 10.3 Å². The van der Waals surface area contributed by atoms with Gasteiger partial charge >= 0.3 is 0 Å². The van der Waals surface area contributed by atoms with E-state index < -0.39 is 0 Å². The van der Waals surface area contributed by atoms with Crippen molar-refractivity contribution in [3.8, 4) is 0 Å². The molecular formula is C17H28Cl2N4O. The number of hydrogen-bond acceptors (Lipinski definition) is 4. The van der Waals surface area contributed by atoms with Crippen LogP contribution in [0.2, 0.25) is 0 Å². The minimum atomic E-state index is 0. The molecule has 1 saturated carbocycles. The molecule has 0 unspecified atom stereocenters. The third-order valence-corrected chi connectivity index (χ3v) is 4.63. The zero-order valence-electron chi connectivity index (χ0n) is 14.4. The fourth-order valence-corrected chi connectivity index (χ4v) is 2.90. The maximum Gasteiger partial charge on any atom is 0.255 e. The Balaban J connectivity index is 0.00000144. The number of aromatic nitrogens is 1. The van der Waals surface area contributed by atoms with Gasteiger partial charge in [-0.05, 0) is 50.3 Å². The molecule has 1 N–H and O–H groups in total. The van der Waals surface area contributed by atoms with Crippen LogP contribution in [0.25, 0.3) is 0 Å². The van der Waals surface area contributed by atoms with Gasteiger partial charge in [0.05, 0.1) is 5.56 Å². The second-order valence-corrected chi connectivity index (χ2v) is 6.72. The number of carbonyl (C=O) groups excluding carboxylic acids is 1. The molecule has 5 nitrogen and oxygen atoms in total. The number of piperidine rings is 1. The van der Waals surface area contributed by atoms with Gasteiger partial charge in [-0.15, -0.1) is 24.8 Å². The van der Waals surface area contributed by atoms with Gasteiger partial charge in [0, 0.05) is 39.4 Å². The van der Waals surface area contributed by atoms with Crippen LogP contribution < -0.4 is 10.2 Å². The highest BCUT2D eigenvalue weighted by atomic mass is 35.5. The lowest BCUT2D eigenvalue weighted by molar-refractivity contribution is 0.0704. The van der Waals surface area contributed by atoms with E-state index >= 15 is 0 Å². The van der Waals surface area contributed by atoms with Crippen LogP contribution in [-0.4, -0.2) is 55.6 Å². The van der Waals surface area contributed by atoms with Crippen LogP contribution in [0.4, 0.5) is 5.82 Å². The smallest absolute Gasteiger partial charge is 0.255 e. The molecule has 3 rings (SSSR count). The van der Waals surface area contributed by atoms with Gasteiger partial charge < -0.3 is 15.1 Å². The first-order valence-electron chi connectivity index (χ1n) is 8.29. The van der Waals surface area contributed by atoms with E-state index in [1.54, 1.807) is 6.20 Å². The molecule has 1 aromatic heterocycles. The highest BCUT2D eigenvalue weighted by Gasteiger charge is 2.26. The molecule has 1 aliphatic carbocycles. The number of nitrogens with one attached hydrogen (secondary N) is 1. The van der Waals surface area contributed by atoms with Gasteiger partial charge in [-0.25, -0.2) is 4.98 Å². The van der Waals surface area contributed by atoms with Crippen molar-refractivity contribution in [1.29, 1.82) is 0 Å². The topological polar surface area (TPSA) is 48.5 Å². The van der Waals surface area contributed by atoms with Crippen molar-refractivity contribution < 1.29 is 4.79 Å². The molecule has 0 bridgehead atoms. The first kappa shape index (κ1) is 21.0. The molecule has 1 amide bonds. The molecule has 1 saturated heterocycles. The second kappa shape index (κ2) is 9.44. The van der Waals surface area contributed by atoms with Crippen LogP contribution in [0.15, 0.2) is 18.3 Å². The first-order chi connectivity index (χ1) is 10.6. The predicted octanol–water partition coefficient (Wildman–Crippen LogP) is 2.60. The summed E-state index contributed by atoms with van der Waals surface area (Å²) in [5, 5.41) is 3.65. The molecular weight excluding hydrogens is 347 g/mol. The molecule has 0 radical (unpaired) electrons. The maximum atomic E-state index is 12.5. The number of halogens is 2. The number of carbonyl (C=O) groups is 1. The number of amides is 1. The molecule has 2 heterocycles. The van der Waals surface area contributed by atoms with Gasteiger partial charge in [0.2, 0.25) is 0 Å². The Morgan fingerprint density at radius 2 is 1.88 bits per heavy atom. The number of anilines is 1. The van der Waals surface area contributed by atoms with Crippen LogP contribution >= 0.6 is 24.8 Å². The normalized spacial score (nSPS) is 17.7. The Kier molecular flexibility index (Phi) is 8.27. The van der Waals surface area contributed by atoms with Gasteiger partial charge in [-0.3, -0.25) is 4.79 Å². The summed E-state index contributed by atoms with van der Waals surface area (Å²) in [4.78, 5) is 20.7. The van der Waals surface area contributed by atoms with Crippen molar-refractivity contribution in [3.63, 3.8) is 0 Å². The third kappa shape index (κ3) is 5.50. The van der Waals surface area contributed by atoms with Crippen molar-refractivity contribution in [2.75, 3.05) is 38.6 Å². The van der Waals surface area contributed by atoms with Crippen LogP contribution in [0.1, 0.15) is 36.0 Å². The SMILES string of the molecule is CN(C)c1ccc(C(=O)N2CCC(NCC3CC3)CC2)cn1.Cl.Cl. The molecule has 136 valence electrons. The van der Waals surface area contributed by atoms with E-state index in [0.717, 1.165) is 44.2 Å². The summed E-state index contributed by atoms with van der Waals surface area (Å²) in [6.45, 7) is 2.85. The average Bonchev–Trinajstić information content (AvgIpc) is 3.37. The summed E-state index contributed by atoms with van der Waals surface area (Å²) >= 11 is 0. The first-order valence-corrected chi connectivity index (χ1v) is 8.29. The van der Waals surface area contributed by atoms with E-state index in [1.807, 2.05) is 36.0 Å². The summed E-state index contributed by atoms with van der Waals surface area (Å²) < 4.78 is 0. The van der Waals surface area contributed by atoms with E-state index in [9.17, 15) is 4.79 Å². The van der Waals surface area contributed by atoms with Crippen molar-refractivity contribution >= 4 is 36.5 Å². The molecule has 1 aromatic rings. The fraction of sp³-hybridized carbons (Fsp3) is 0.647. The van der Waals surface area contributed by atoms with Gasteiger partial charge in [-0.1, -0.05) is 0 Å². The molecule has 7 heteroatoms. The lowest BCUT2D eigenvalue weighted by atomic mass is 10.0. The van der Waals surface area contributed by atoms with E-state index in [1.165, 1.54) is 12.8 Å². The number of likely N-dealkylation sites (tertiary alicyclic amines) is 1. The van der Waals surface area contributed by atoms with Crippen LogP contribution in [0.3, 0.4) is 0 Å². The summed E-state index contributed by atoms with van der Waals surface area (Å²) in [6.07, 6.45) is 6.58. The van der Waals surface area contributed by atoms with Gasteiger partial charge in [0.1, 0.15) is 5.82 Å². The highest BCUT2D eigenvalue weighted by Crippen LogP contribution is 2.28.